The molecule has 1 aromatic rings. The van der Waals surface area contributed by atoms with Crippen molar-refractivity contribution in [1.82, 2.24) is 4.72 Å². The highest BCUT2D eigenvalue weighted by Crippen LogP contribution is 2.26. The maximum atomic E-state index is 14.0. The molecule has 1 aromatic carbocycles. The number of nitrogens with two attached hydrogens (primary N) is 1. The highest BCUT2D eigenvalue weighted by atomic mass is 32.2. The van der Waals surface area contributed by atoms with Crippen LogP contribution in [0.4, 0.5) is 4.39 Å². The molecule has 1 unspecified atom stereocenters. The van der Waals surface area contributed by atoms with Crippen LogP contribution in [0.5, 0.6) is 0 Å². The molecular formula is C14H17FN2O2S2. The number of hydrogen-bond acceptors (Lipinski definition) is 4. The van der Waals surface area contributed by atoms with Gasteiger partial charge in [0.15, 0.2) is 0 Å². The van der Waals surface area contributed by atoms with E-state index >= 15 is 0 Å². The first-order valence-electron chi connectivity index (χ1n) is 6.62. The van der Waals surface area contributed by atoms with Gasteiger partial charge < -0.3 is 5.73 Å². The number of halogens is 1. The lowest BCUT2D eigenvalue weighted by atomic mass is 10.2. The number of benzene rings is 1. The molecule has 1 aliphatic heterocycles. The van der Waals surface area contributed by atoms with Crippen LogP contribution >= 0.6 is 11.8 Å². The fraction of sp³-hybridized carbons (Fsp3) is 0.429. The van der Waals surface area contributed by atoms with Crippen molar-refractivity contribution >= 4 is 21.8 Å². The summed E-state index contributed by atoms with van der Waals surface area (Å²) in [4.78, 5) is -0.344. The van der Waals surface area contributed by atoms with Crippen LogP contribution in [0.2, 0.25) is 0 Å². The first-order chi connectivity index (χ1) is 10.0. The molecule has 1 saturated heterocycles. The number of thioether (sulfide) groups is 1. The van der Waals surface area contributed by atoms with E-state index in [4.69, 9.17) is 5.73 Å². The lowest BCUT2D eigenvalue weighted by Gasteiger charge is -2.11. The van der Waals surface area contributed by atoms with Crippen molar-refractivity contribution in [3.63, 3.8) is 0 Å². The first kappa shape index (κ1) is 16.3. The fourth-order valence-corrected chi connectivity index (χ4v) is 4.48. The molecule has 2 rings (SSSR count). The van der Waals surface area contributed by atoms with Gasteiger partial charge in [0.2, 0.25) is 10.0 Å². The zero-order valence-electron chi connectivity index (χ0n) is 11.4. The topological polar surface area (TPSA) is 72.2 Å². The number of nitrogens with one attached hydrogen (secondary N) is 1. The summed E-state index contributed by atoms with van der Waals surface area (Å²) in [5.41, 5.74) is 5.64. The van der Waals surface area contributed by atoms with Gasteiger partial charge in [0, 0.05) is 17.4 Å². The van der Waals surface area contributed by atoms with Crippen molar-refractivity contribution in [2.75, 3.05) is 18.8 Å². The van der Waals surface area contributed by atoms with Gasteiger partial charge in [-0.05, 0) is 36.8 Å². The van der Waals surface area contributed by atoms with Crippen molar-refractivity contribution < 1.29 is 12.8 Å². The first-order valence-corrected chi connectivity index (χ1v) is 9.16. The van der Waals surface area contributed by atoms with Crippen LogP contribution in [0.1, 0.15) is 18.4 Å². The van der Waals surface area contributed by atoms with Crippen LogP contribution in [-0.4, -0.2) is 32.5 Å². The minimum absolute atomic E-state index is 0.169. The van der Waals surface area contributed by atoms with Crippen LogP contribution in [0.3, 0.4) is 0 Å². The number of hydrogen-bond donors (Lipinski definition) is 2. The maximum absolute atomic E-state index is 14.0. The van der Waals surface area contributed by atoms with Crippen molar-refractivity contribution in [3.8, 4) is 11.8 Å². The van der Waals surface area contributed by atoms with Crippen molar-refractivity contribution in [1.29, 1.82) is 0 Å². The third-order valence-electron chi connectivity index (χ3n) is 3.08. The third-order valence-corrected chi connectivity index (χ3v) is 5.94. The Morgan fingerprint density at radius 1 is 1.48 bits per heavy atom. The molecule has 1 aliphatic rings. The van der Waals surface area contributed by atoms with E-state index in [2.05, 4.69) is 16.6 Å². The van der Waals surface area contributed by atoms with E-state index in [-0.39, 0.29) is 16.7 Å². The highest BCUT2D eigenvalue weighted by Gasteiger charge is 2.22. The second-order valence-corrected chi connectivity index (χ2v) is 7.78. The Kier molecular flexibility index (Phi) is 5.65. The molecule has 0 aliphatic carbocycles. The second-order valence-electron chi connectivity index (χ2n) is 4.64. The van der Waals surface area contributed by atoms with Gasteiger partial charge in [0.25, 0.3) is 0 Å². The zero-order chi connectivity index (χ0) is 15.3. The lowest BCUT2D eigenvalue weighted by Crippen LogP contribution is -2.30. The van der Waals surface area contributed by atoms with Crippen LogP contribution < -0.4 is 10.5 Å². The van der Waals surface area contributed by atoms with Gasteiger partial charge >= 0.3 is 0 Å². The molecule has 114 valence electrons. The van der Waals surface area contributed by atoms with Gasteiger partial charge in [0.05, 0.1) is 6.54 Å². The van der Waals surface area contributed by atoms with Crippen LogP contribution in [0.25, 0.3) is 0 Å². The van der Waals surface area contributed by atoms with Gasteiger partial charge in [-0.1, -0.05) is 11.8 Å². The number of rotatable bonds is 4. The smallest absolute Gasteiger partial charge is 0.243 e. The fourth-order valence-electron chi connectivity index (χ4n) is 2.04. The summed E-state index contributed by atoms with van der Waals surface area (Å²) in [6, 6.07) is 3.83. The summed E-state index contributed by atoms with van der Waals surface area (Å²) >= 11 is 1.74. The van der Waals surface area contributed by atoms with Crippen LogP contribution in [-0.2, 0) is 10.0 Å². The van der Waals surface area contributed by atoms with E-state index in [9.17, 15) is 12.8 Å². The van der Waals surface area contributed by atoms with E-state index in [1.54, 1.807) is 11.8 Å². The molecular weight excluding hydrogens is 311 g/mol. The van der Waals surface area contributed by atoms with Crippen LogP contribution in [0.15, 0.2) is 23.1 Å². The van der Waals surface area contributed by atoms with E-state index in [0.29, 0.717) is 12.1 Å². The average Bonchev–Trinajstić information content (AvgIpc) is 2.96. The van der Waals surface area contributed by atoms with Crippen molar-refractivity contribution in [2.45, 2.75) is 23.0 Å². The molecule has 1 fully saturated rings. The van der Waals surface area contributed by atoms with E-state index in [1.165, 1.54) is 12.1 Å². The largest absolute Gasteiger partial charge is 0.320 e. The van der Waals surface area contributed by atoms with Gasteiger partial charge in [-0.3, -0.25) is 0 Å². The molecule has 4 nitrogen and oxygen atoms in total. The molecule has 7 heteroatoms. The molecule has 21 heavy (non-hydrogen) atoms. The second kappa shape index (κ2) is 7.27. The Morgan fingerprint density at radius 3 is 2.90 bits per heavy atom. The van der Waals surface area contributed by atoms with Gasteiger partial charge in [0.1, 0.15) is 10.7 Å². The Morgan fingerprint density at radius 2 is 2.29 bits per heavy atom. The summed E-state index contributed by atoms with van der Waals surface area (Å²) in [6.45, 7) is 0.503. The summed E-state index contributed by atoms with van der Waals surface area (Å²) < 4.78 is 40.7. The van der Waals surface area contributed by atoms with Gasteiger partial charge in [-0.2, -0.15) is 11.8 Å². The molecule has 0 bridgehead atoms. The average molecular weight is 328 g/mol. The molecule has 0 spiro atoms. The standard InChI is InChI=1S/C14H17FN2O2S2/c15-13-9-11(3-1-7-16)5-6-14(13)21(18,19)17-10-12-4-2-8-20-12/h5-6,9,12,17H,2,4,7-8,10,16H2. The molecule has 0 radical (unpaired) electrons. The van der Waals surface area contributed by atoms with E-state index in [0.717, 1.165) is 24.7 Å². The summed E-state index contributed by atoms with van der Waals surface area (Å²) in [5.74, 6) is 5.51. The summed E-state index contributed by atoms with van der Waals surface area (Å²) in [7, 11) is -3.83. The minimum Gasteiger partial charge on any atom is -0.320 e. The number of sulfonamides is 1. The minimum atomic E-state index is -3.83. The van der Waals surface area contributed by atoms with Gasteiger partial charge in [-0.15, -0.1) is 0 Å². The molecule has 1 heterocycles. The highest BCUT2D eigenvalue weighted by molar-refractivity contribution is 8.00. The molecule has 0 saturated carbocycles. The summed E-state index contributed by atoms with van der Waals surface area (Å²) in [5, 5.41) is 0.275. The predicted molar refractivity (Wildman–Crippen MR) is 83.0 cm³/mol. The summed E-state index contributed by atoms with van der Waals surface area (Å²) in [6.07, 6.45) is 2.09. The quantitative estimate of drug-likeness (QED) is 0.818. The van der Waals surface area contributed by atoms with Crippen molar-refractivity contribution in [2.24, 2.45) is 5.73 Å². The molecule has 0 aromatic heterocycles. The zero-order valence-corrected chi connectivity index (χ0v) is 13.1. The molecule has 1 atom stereocenters. The Balaban J connectivity index is 2.11. The predicted octanol–water partition coefficient (Wildman–Crippen LogP) is 1.31. The SMILES string of the molecule is NCC#Cc1ccc(S(=O)(=O)NCC2CCCS2)c(F)c1. The van der Waals surface area contributed by atoms with Gasteiger partial charge in [-0.25, -0.2) is 17.5 Å². The van der Waals surface area contributed by atoms with Crippen LogP contribution in [0, 0.1) is 17.7 Å². The molecule has 3 N–H and O–H groups in total. The van der Waals surface area contributed by atoms with E-state index < -0.39 is 15.8 Å². The Bertz CT molecular complexity index is 659. The monoisotopic (exact) mass is 328 g/mol. The maximum Gasteiger partial charge on any atom is 0.243 e. The Labute approximate surface area is 128 Å². The van der Waals surface area contributed by atoms with E-state index in [1.807, 2.05) is 0 Å². The normalized spacial score (nSPS) is 18.3. The van der Waals surface area contributed by atoms with Crippen molar-refractivity contribution in [3.05, 3.63) is 29.6 Å². The Hall–Kier alpha value is -1.07. The third kappa shape index (κ3) is 4.45. The lowest BCUT2D eigenvalue weighted by molar-refractivity contribution is 0.555. The molecule has 0 amide bonds.